The highest BCUT2D eigenvalue weighted by atomic mass is 32.2. The van der Waals surface area contributed by atoms with E-state index < -0.39 is 21.7 Å². The Hall–Kier alpha value is -2.36. The van der Waals surface area contributed by atoms with Gasteiger partial charge in [-0.1, -0.05) is 6.07 Å². The summed E-state index contributed by atoms with van der Waals surface area (Å²) >= 11 is 0. The third-order valence-electron chi connectivity index (χ3n) is 3.32. The largest absolute Gasteiger partial charge is 0.325 e. The van der Waals surface area contributed by atoms with Crippen molar-refractivity contribution in [2.45, 2.75) is 11.4 Å². The number of carbonyl (C=O) groups is 1. The Labute approximate surface area is 144 Å². The van der Waals surface area contributed by atoms with Crippen molar-refractivity contribution in [1.82, 2.24) is 4.90 Å². The predicted octanol–water partition coefficient (Wildman–Crippen LogP) is 1.68. The number of hydrogen-bond donors (Lipinski definition) is 2. The smallest absolute Gasteiger partial charge is 0.238 e. The maximum atomic E-state index is 13.2. The van der Waals surface area contributed by atoms with Crippen molar-refractivity contribution in [2.24, 2.45) is 5.14 Å². The third-order valence-corrected chi connectivity index (χ3v) is 4.25. The van der Waals surface area contributed by atoms with Crippen molar-refractivity contribution in [3.8, 4) is 0 Å². The van der Waals surface area contributed by atoms with Crippen molar-refractivity contribution in [1.29, 1.82) is 0 Å². The van der Waals surface area contributed by atoms with Crippen LogP contribution in [0.2, 0.25) is 0 Å². The predicted molar refractivity (Wildman–Crippen MR) is 89.1 cm³/mol. The third kappa shape index (κ3) is 5.59. The lowest BCUT2D eigenvalue weighted by molar-refractivity contribution is -0.117. The second kappa shape index (κ2) is 7.68. The summed E-state index contributed by atoms with van der Waals surface area (Å²) in [7, 11) is -2.13. The summed E-state index contributed by atoms with van der Waals surface area (Å²) < 4.78 is 48.4. The SMILES string of the molecule is CN(CC(=O)Nc1ccc(S(N)(=O)=O)cc1)Cc1ccc(F)c(F)c1. The van der Waals surface area contributed by atoms with Gasteiger partial charge < -0.3 is 5.32 Å². The van der Waals surface area contributed by atoms with Gasteiger partial charge in [-0.25, -0.2) is 22.3 Å². The number of anilines is 1. The number of amides is 1. The monoisotopic (exact) mass is 369 g/mol. The molecule has 0 saturated carbocycles. The second-order valence-electron chi connectivity index (χ2n) is 5.54. The number of hydrogen-bond acceptors (Lipinski definition) is 4. The van der Waals surface area contributed by atoms with Crippen LogP contribution in [0.4, 0.5) is 14.5 Å². The first kappa shape index (κ1) is 19.0. The minimum absolute atomic E-state index is 0.00986. The van der Waals surface area contributed by atoms with E-state index in [4.69, 9.17) is 5.14 Å². The highest BCUT2D eigenvalue weighted by Crippen LogP contribution is 2.13. The van der Waals surface area contributed by atoms with Crippen LogP contribution in [0, 0.1) is 11.6 Å². The number of nitrogens with zero attached hydrogens (tertiary/aromatic N) is 1. The number of sulfonamides is 1. The van der Waals surface area contributed by atoms with Gasteiger partial charge in [0.05, 0.1) is 11.4 Å². The van der Waals surface area contributed by atoms with Crippen LogP contribution in [0.25, 0.3) is 0 Å². The molecule has 2 aromatic rings. The molecule has 0 aliphatic rings. The van der Waals surface area contributed by atoms with E-state index in [2.05, 4.69) is 5.32 Å². The Kier molecular flexibility index (Phi) is 5.83. The van der Waals surface area contributed by atoms with Crippen LogP contribution in [0.3, 0.4) is 0 Å². The van der Waals surface area contributed by atoms with Crippen molar-refractivity contribution in [3.05, 3.63) is 59.7 Å². The van der Waals surface area contributed by atoms with Crippen LogP contribution in [0.15, 0.2) is 47.4 Å². The van der Waals surface area contributed by atoms with Gasteiger partial charge in [-0.15, -0.1) is 0 Å². The highest BCUT2D eigenvalue weighted by Gasteiger charge is 2.11. The first-order chi connectivity index (χ1) is 11.6. The zero-order valence-electron chi connectivity index (χ0n) is 13.4. The fraction of sp³-hybridized carbons (Fsp3) is 0.188. The molecule has 0 aliphatic heterocycles. The van der Waals surface area contributed by atoms with E-state index >= 15 is 0 Å². The Morgan fingerprint density at radius 3 is 2.32 bits per heavy atom. The molecule has 6 nitrogen and oxygen atoms in total. The summed E-state index contributed by atoms with van der Waals surface area (Å²) in [5.41, 5.74) is 0.949. The van der Waals surface area contributed by atoms with E-state index in [9.17, 15) is 22.0 Å². The molecule has 0 bridgehead atoms. The molecule has 0 fully saturated rings. The fourth-order valence-electron chi connectivity index (χ4n) is 2.18. The first-order valence-corrected chi connectivity index (χ1v) is 8.75. The molecule has 0 spiro atoms. The molecule has 25 heavy (non-hydrogen) atoms. The summed E-state index contributed by atoms with van der Waals surface area (Å²) in [6.45, 7) is 0.269. The van der Waals surface area contributed by atoms with Gasteiger partial charge >= 0.3 is 0 Å². The van der Waals surface area contributed by atoms with Crippen LogP contribution >= 0.6 is 0 Å². The van der Waals surface area contributed by atoms with Crippen molar-refractivity contribution < 1.29 is 22.0 Å². The molecule has 0 heterocycles. The van der Waals surface area contributed by atoms with E-state index in [0.717, 1.165) is 12.1 Å². The normalized spacial score (nSPS) is 11.6. The molecule has 2 aromatic carbocycles. The Morgan fingerprint density at radius 2 is 1.76 bits per heavy atom. The number of nitrogens with one attached hydrogen (secondary N) is 1. The number of halogens is 2. The molecule has 1 amide bonds. The molecular weight excluding hydrogens is 352 g/mol. The highest BCUT2D eigenvalue weighted by molar-refractivity contribution is 7.89. The van der Waals surface area contributed by atoms with E-state index in [1.54, 1.807) is 11.9 Å². The Bertz CT molecular complexity index is 871. The summed E-state index contributed by atoms with van der Waals surface area (Å²) in [4.78, 5) is 13.6. The van der Waals surface area contributed by atoms with E-state index in [0.29, 0.717) is 11.3 Å². The summed E-state index contributed by atoms with van der Waals surface area (Å²) in [5, 5.41) is 7.60. The standard InChI is InChI=1S/C16H17F2N3O3S/c1-21(9-11-2-7-14(17)15(18)8-11)10-16(22)20-12-3-5-13(6-4-12)25(19,23)24/h2-8H,9-10H2,1H3,(H,20,22)(H2,19,23,24). The lowest BCUT2D eigenvalue weighted by Gasteiger charge is -2.16. The maximum absolute atomic E-state index is 13.2. The minimum atomic E-state index is -3.79. The topological polar surface area (TPSA) is 92.5 Å². The minimum Gasteiger partial charge on any atom is -0.325 e. The number of benzene rings is 2. The zero-order valence-corrected chi connectivity index (χ0v) is 14.2. The van der Waals surface area contributed by atoms with Gasteiger partial charge in [-0.3, -0.25) is 9.69 Å². The number of rotatable bonds is 6. The summed E-state index contributed by atoms with van der Waals surface area (Å²) in [5.74, 6) is -2.20. The van der Waals surface area contributed by atoms with Gasteiger partial charge in [0.25, 0.3) is 0 Å². The Morgan fingerprint density at radius 1 is 1.12 bits per heavy atom. The average Bonchev–Trinajstić information content (AvgIpc) is 2.50. The lowest BCUT2D eigenvalue weighted by Crippen LogP contribution is -2.29. The molecule has 0 aliphatic carbocycles. The zero-order chi connectivity index (χ0) is 18.6. The van der Waals surface area contributed by atoms with Crippen LogP contribution in [0.5, 0.6) is 0 Å². The quantitative estimate of drug-likeness (QED) is 0.810. The molecule has 0 aromatic heterocycles. The van der Waals surface area contributed by atoms with Crippen molar-refractivity contribution in [3.63, 3.8) is 0 Å². The van der Waals surface area contributed by atoms with Crippen LogP contribution in [-0.4, -0.2) is 32.8 Å². The van der Waals surface area contributed by atoms with E-state index in [-0.39, 0.29) is 23.9 Å². The van der Waals surface area contributed by atoms with Crippen molar-refractivity contribution in [2.75, 3.05) is 18.9 Å². The summed E-state index contributed by atoms with van der Waals surface area (Å²) in [6, 6.07) is 8.98. The molecule has 0 radical (unpaired) electrons. The fourth-order valence-corrected chi connectivity index (χ4v) is 2.69. The molecule has 9 heteroatoms. The molecule has 0 unspecified atom stereocenters. The van der Waals surface area contributed by atoms with E-state index in [1.165, 1.54) is 30.3 Å². The van der Waals surface area contributed by atoms with Crippen LogP contribution in [-0.2, 0) is 21.4 Å². The molecule has 0 atom stereocenters. The molecule has 0 saturated heterocycles. The first-order valence-electron chi connectivity index (χ1n) is 7.20. The van der Waals surface area contributed by atoms with Gasteiger partial charge in [0, 0.05) is 12.2 Å². The van der Waals surface area contributed by atoms with Crippen LogP contribution < -0.4 is 10.5 Å². The van der Waals surface area contributed by atoms with Crippen LogP contribution in [0.1, 0.15) is 5.56 Å². The number of primary sulfonamides is 1. The molecule has 2 rings (SSSR count). The van der Waals surface area contributed by atoms with Gasteiger partial charge in [0.2, 0.25) is 15.9 Å². The van der Waals surface area contributed by atoms with Gasteiger partial charge in [-0.2, -0.15) is 0 Å². The molecule has 134 valence electrons. The maximum Gasteiger partial charge on any atom is 0.238 e. The Balaban J connectivity index is 1.91. The van der Waals surface area contributed by atoms with Gasteiger partial charge in [0.1, 0.15) is 0 Å². The van der Waals surface area contributed by atoms with E-state index in [1.807, 2.05) is 0 Å². The average molecular weight is 369 g/mol. The summed E-state index contributed by atoms with van der Waals surface area (Å²) in [6.07, 6.45) is 0. The lowest BCUT2D eigenvalue weighted by atomic mass is 10.2. The second-order valence-corrected chi connectivity index (χ2v) is 7.10. The molecule has 3 N–H and O–H groups in total. The number of likely N-dealkylation sites (N-methyl/N-ethyl adjacent to an activating group) is 1. The number of carbonyl (C=O) groups excluding carboxylic acids is 1. The van der Waals surface area contributed by atoms with Gasteiger partial charge in [-0.05, 0) is 49.0 Å². The molecular formula is C16H17F2N3O3S. The van der Waals surface area contributed by atoms with Gasteiger partial charge in [0.15, 0.2) is 11.6 Å². The van der Waals surface area contributed by atoms with Crippen molar-refractivity contribution >= 4 is 21.6 Å². The number of nitrogens with two attached hydrogens (primary N) is 1.